The van der Waals surface area contributed by atoms with Gasteiger partial charge in [0.15, 0.2) is 0 Å². The molecule has 0 saturated carbocycles. The predicted molar refractivity (Wildman–Crippen MR) is 77.8 cm³/mol. The maximum absolute atomic E-state index is 4.61. The lowest BCUT2D eigenvalue weighted by molar-refractivity contribution is 0.329. The Bertz CT molecular complexity index is 670. The first-order valence-electron chi connectivity index (χ1n) is 6.40. The Labute approximate surface area is 119 Å². The third kappa shape index (κ3) is 2.09. The van der Waals surface area contributed by atoms with E-state index in [2.05, 4.69) is 30.8 Å². The highest BCUT2D eigenvalue weighted by molar-refractivity contribution is 7.15. The maximum Gasteiger partial charge on any atom is 0.123 e. The minimum Gasteiger partial charge on any atom is -0.298 e. The highest BCUT2D eigenvalue weighted by Gasteiger charge is 2.27. The molecule has 3 aromatic heterocycles. The molecule has 0 radical (unpaired) electrons. The average Bonchev–Trinajstić information content (AvgIpc) is 3.13. The molecular formula is C13H14N4S2. The van der Waals surface area contributed by atoms with Crippen molar-refractivity contribution in [3.63, 3.8) is 0 Å². The first-order chi connectivity index (χ1) is 9.40. The van der Waals surface area contributed by atoms with E-state index in [1.54, 1.807) is 22.7 Å². The summed E-state index contributed by atoms with van der Waals surface area (Å²) < 4.78 is 2.13. The number of imidazole rings is 1. The van der Waals surface area contributed by atoms with Gasteiger partial charge in [0.25, 0.3) is 0 Å². The summed E-state index contributed by atoms with van der Waals surface area (Å²) in [5, 5.41) is 2.13. The van der Waals surface area contributed by atoms with Crippen LogP contribution in [-0.4, -0.2) is 32.4 Å². The van der Waals surface area contributed by atoms with Gasteiger partial charge in [0.1, 0.15) is 11.2 Å². The van der Waals surface area contributed by atoms with E-state index >= 15 is 0 Å². The number of nitrogens with zero attached hydrogens (tertiary/aromatic N) is 4. The SMILES string of the molecule is c1ncc(CN2CCC(c3ncn4ccsc34)C2)s1. The van der Waals surface area contributed by atoms with E-state index in [4.69, 9.17) is 0 Å². The maximum atomic E-state index is 4.61. The highest BCUT2D eigenvalue weighted by Crippen LogP contribution is 2.31. The van der Waals surface area contributed by atoms with Gasteiger partial charge in [0.2, 0.25) is 0 Å². The Balaban J connectivity index is 1.51. The van der Waals surface area contributed by atoms with Gasteiger partial charge in [-0.25, -0.2) is 4.98 Å². The van der Waals surface area contributed by atoms with E-state index in [1.165, 1.54) is 21.8 Å². The van der Waals surface area contributed by atoms with Gasteiger partial charge in [-0.2, -0.15) is 0 Å². The van der Waals surface area contributed by atoms with Crippen molar-refractivity contribution in [2.24, 2.45) is 0 Å². The second kappa shape index (κ2) is 4.70. The molecule has 0 aromatic carbocycles. The van der Waals surface area contributed by atoms with Gasteiger partial charge in [-0.1, -0.05) is 0 Å². The molecule has 1 fully saturated rings. The summed E-state index contributed by atoms with van der Waals surface area (Å²) in [5.74, 6) is 0.580. The van der Waals surface area contributed by atoms with E-state index in [-0.39, 0.29) is 0 Å². The molecule has 6 heteroatoms. The molecule has 0 bridgehead atoms. The molecule has 0 spiro atoms. The monoisotopic (exact) mass is 290 g/mol. The molecule has 19 heavy (non-hydrogen) atoms. The molecule has 4 rings (SSSR count). The van der Waals surface area contributed by atoms with E-state index in [0.717, 1.165) is 19.6 Å². The van der Waals surface area contributed by atoms with Crippen LogP contribution in [0.15, 0.2) is 29.6 Å². The highest BCUT2D eigenvalue weighted by atomic mass is 32.1. The van der Waals surface area contributed by atoms with Gasteiger partial charge in [-0.3, -0.25) is 14.3 Å². The Morgan fingerprint density at radius 2 is 2.37 bits per heavy atom. The number of rotatable bonds is 3. The van der Waals surface area contributed by atoms with Gasteiger partial charge >= 0.3 is 0 Å². The Morgan fingerprint density at radius 1 is 1.37 bits per heavy atom. The zero-order chi connectivity index (χ0) is 12.7. The fourth-order valence-electron chi connectivity index (χ4n) is 2.77. The molecule has 1 atom stereocenters. The number of hydrogen-bond acceptors (Lipinski definition) is 5. The summed E-state index contributed by atoms with van der Waals surface area (Å²) in [5.41, 5.74) is 3.19. The second-order valence-electron chi connectivity index (χ2n) is 4.93. The molecular weight excluding hydrogens is 276 g/mol. The van der Waals surface area contributed by atoms with Crippen LogP contribution < -0.4 is 0 Å². The summed E-state index contributed by atoms with van der Waals surface area (Å²) in [7, 11) is 0. The lowest BCUT2D eigenvalue weighted by atomic mass is 10.1. The molecule has 98 valence electrons. The smallest absolute Gasteiger partial charge is 0.123 e. The molecule has 1 saturated heterocycles. The van der Waals surface area contributed by atoms with Crippen molar-refractivity contribution in [3.8, 4) is 0 Å². The van der Waals surface area contributed by atoms with E-state index in [1.807, 2.05) is 18.0 Å². The lowest BCUT2D eigenvalue weighted by Crippen LogP contribution is -2.19. The second-order valence-corrected chi connectivity index (χ2v) is 6.80. The van der Waals surface area contributed by atoms with Crippen LogP contribution >= 0.6 is 22.7 Å². The third-order valence-electron chi connectivity index (χ3n) is 3.70. The van der Waals surface area contributed by atoms with Gasteiger partial charge in [0.05, 0.1) is 11.2 Å². The molecule has 4 nitrogen and oxygen atoms in total. The van der Waals surface area contributed by atoms with Crippen molar-refractivity contribution in [1.29, 1.82) is 0 Å². The van der Waals surface area contributed by atoms with Crippen molar-refractivity contribution in [2.45, 2.75) is 18.9 Å². The molecule has 0 amide bonds. The zero-order valence-electron chi connectivity index (χ0n) is 10.4. The molecule has 0 aliphatic carbocycles. The lowest BCUT2D eigenvalue weighted by Gasteiger charge is -2.13. The Kier molecular flexibility index (Phi) is 2.86. The van der Waals surface area contributed by atoms with Crippen LogP contribution in [0.5, 0.6) is 0 Å². The van der Waals surface area contributed by atoms with E-state index in [9.17, 15) is 0 Å². The van der Waals surface area contributed by atoms with E-state index in [0.29, 0.717) is 5.92 Å². The van der Waals surface area contributed by atoms with Crippen LogP contribution in [0.1, 0.15) is 22.9 Å². The summed E-state index contributed by atoms with van der Waals surface area (Å²) in [4.78, 5) is 13.9. The number of fused-ring (bicyclic) bond motifs is 1. The van der Waals surface area contributed by atoms with Crippen molar-refractivity contribution in [3.05, 3.63) is 40.2 Å². The molecule has 1 aliphatic rings. The fraction of sp³-hybridized carbons (Fsp3) is 0.385. The van der Waals surface area contributed by atoms with Crippen LogP contribution in [0.25, 0.3) is 4.83 Å². The van der Waals surface area contributed by atoms with Crippen molar-refractivity contribution in [2.75, 3.05) is 13.1 Å². The van der Waals surface area contributed by atoms with Crippen LogP contribution in [-0.2, 0) is 6.54 Å². The standard InChI is InChI=1S/C13H14N4S2/c1-2-16(7-11-5-14-9-19-11)6-10(1)12-13-17(8-15-12)3-4-18-13/h3-5,8-10H,1-2,6-7H2. The number of hydrogen-bond donors (Lipinski definition) is 0. The van der Waals surface area contributed by atoms with Gasteiger partial charge in [-0.15, -0.1) is 22.7 Å². The topological polar surface area (TPSA) is 33.4 Å². The average molecular weight is 290 g/mol. The normalized spacial score (nSPS) is 20.5. The summed E-state index contributed by atoms with van der Waals surface area (Å²) in [6.45, 7) is 3.30. The van der Waals surface area contributed by atoms with Gasteiger partial charge in [-0.05, 0) is 13.0 Å². The summed E-state index contributed by atoms with van der Waals surface area (Å²) >= 11 is 3.53. The number of thiazole rings is 2. The van der Waals surface area contributed by atoms with Crippen LogP contribution in [0, 0.1) is 0 Å². The van der Waals surface area contributed by atoms with Crippen LogP contribution in [0.3, 0.4) is 0 Å². The molecule has 4 heterocycles. The number of aromatic nitrogens is 3. The zero-order valence-corrected chi connectivity index (χ0v) is 12.0. The Hall–Kier alpha value is -1.24. The van der Waals surface area contributed by atoms with Gasteiger partial charge in [0, 0.05) is 41.7 Å². The van der Waals surface area contributed by atoms with Gasteiger partial charge < -0.3 is 0 Å². The van der Waals surface area contributed by atoms with E-state index < -0.39 is 0 Å². The predicted octanol–water partition coefficient (Wildman–Crippen LogP) is 2.84. The molecule has 1 unspecified atom stereocenters. The van der Waals surface area contributed by atoms with Crippen molar-refractivity contribution < 1.29 is 0 Å². The summed E-state index contributed by atoms with van der Waals surface area (Å²) in [6.07, 6.45) is 7.21. The summed E-state index contributed by atoms with van der Waals surface area (Å²) in [6, 6.07) is 0. The number of likely N-dealkylation sites (tertiary alicyclic amines) is 1. The van der Waals surface area contributed by atoms with Crippen LogP contribution in [0.2, 0.25) is 0 Å². The Morgan fingerprint density at radius 3 is 3.26 bits per heavy atom. The minimum atomic E-state index is 0.580. The molecule has 1 aliphatic heterocycles. The largest absolute Gasteiger partial charge is 0.298 e. The van der Waals surface area contributed by atoms with Crippen LogP contribution in [0.4, 0.5) is 0 Å². The fourth-order valence-corrected chi connectivity index (χ4v) is 4.30. The first-order valence-corrected chi connectivity index (χ1v) is 8.16. The molecule has 3 aromatic rings. The first kappa shape index (κ1) is 11.6. The van der Waals surface area contributed by atoms with Crippen molar-refractivity contribution >= 4 is 27.5 Å². The molecule has 0 N–H and O–H groups in total. The minimum absolute atomic E-state index is 0.580. The third-order valence-corrected chi connectivity index (χ3v) is 5.36. The van der Waals surface area contributed by atoms with Crippen molar-refractivity contribution in [1.82, 2.24) is 19.3 Å². The quantitative estimate of drug-likeness (QED) is 0.744.